The van der Waals surface area contributed by atoms with Crippen molar-refractivity contribution in [3.8, 4) is 5.75 Å². The summed E-state index contributed by atoms with van der Waals surface area (Å²) in [5, 5.41) is 11.7. The molecule has 0 radical (unpaired) electrons. The van der Waals surface area contributed by atoms with Crippen molar-refractivity contribution in [2.24, 2.45) is 0 Å². The number of aryl methyl sites for hydroxylation is 1. The van der Waals surface area contributed by atoms with Crippen LogP contribution >= 0.6 is 0 Å². The van der Waals surface area contributed by atoms with Gasteiger partial charge in [-0.1, -0.05) is 18.9 Å². The molecule has 6 heterocycles. The first kappa shape index (κ1) is 45.4. The van der Waals surface area contributed by atoms with Crippen LogP contribution in [0.1, 0.15) is 88.1 Å². The maximum absolute atomic E-state index is 13.6. The fourth-order valence-corrected chi connectivity index (χ4v) is 8.90. The second-order valence-corrected chi connectivity index (χ2v) is 16.5. The van der Waals surface area contributed by atoms with Crippen molar-refractivity contribution in [3.05, 3.63) is 75.3 Å². The molecule has 66 heavy (non-hydrogen) atoms. The topological polar surface area (TPSA) is 256 Å². The molecule has 21 heteroatoms. The average molecular weight is 906 g/mol. The van der Waals surface area contributed by atoms with E-state index >= 15 is 0 Å². The molecule has 4 aliphatic rings. The standard InChI is InChI=1S/C45H51N11O10/c1-26-31-23-49-45(52-40(31)55(28-6-3-4-7-28)43(63)38(26)27(2)57)50-34-12-10-29(22-48-34)53-16-18-54(19-17-53)37(60)24-46-14-20-65-21-15-47-36(59)25-66-33-9-5-8-30-39(33)44(64)56(42(30)62)32-11-13-35(58)51-41(32)61/h5,8-10,12,22-23,28,32,46H,3-4,6-7,11,13-21,24-25H2,1-2H3,(H,47,59)(H,51,58,61)(H,48,49,50,52). The highest BCUT2D eigenvalue weighted by atomic mass is 16.5. The summed E-state index contributed by atoms with van der Waals surface area (Å²) in [6, 6.07) is 7.04. The van der Waals surface area contributed by atoms with Crippen LogP contribution in [-0.2, 0) is 23.9 Å². The Labute approximate surface area is 378 Å². The molecule has 0 bridgehead atoms. The molecule has 1 aromatic carbocycles. The number of piperazine rings is 1. The molecule has 3 aromatic heterocycles. The van der Waals surface area contributed by atoms with E-state index in [1.165, 1.54) is 25.1 Å². The van der Waals surface area contributed by atoms with Gasteiger partial charge >= 0.3 is 0 Å². The summed E-state index contributed by atoms with van der Waals surface area (Å²) in [5.41, 5.74) is 1.87. The van der Waals surface area contributed by atoms with Crippen LogP contribution in [-0.4, -0.2) is 142 Å². The molecule has 6 amide bonds. The summed E-state index contributed by atoms with van der Waals surface area (Å²) >= 11 is 0. The summed E-state index contributed by atoms with van der Waals surface area (Å²) in [4.78, 5) is 120. The molecule has 1 atom stereocenters. The first-order valence-corrected chi connectivity index (χ1v) is 22.1. The number of fused-ring (bicyclic) bond motifs is 2. The highest BCUT2D eigenvalue weighted by molar-refractivity contribution is 6.24. The van der Waals surface area contributed by atoms with Crippen LogP contribution in [0.2, 0.25) is 0 Å². The molecular weight excluding hydrogens is 855 g/mol. The lowest BCUT2D eigenvalue weighted by Crippen LogP contribution is -2.54. The Balaban J connectivity index is 0.716. The van der Waals surface area contributed by atoms with Crippen molar-refractivity contribution >= 4 is 69.7 Å². The van der Waals surface area contributed by atoms with Gasteiger partial charge in [-0.15, -0.1) is 0 Å². The van der Waals surface area contributed by atoms with E-state index in [0.29, 0.717) is 67.7 Å². The van der Waals surface area contributed by atoms with Crippen molar-refractivity contribution in [1.29, 1.82) is 0 Å². The first-order chi connectivity index (χ1) is 31.9. The lowest BCUT2D eigenvalue weighted by atomic mass is 10.0. The Morgan fingerprint density at radius 1 is 0.894 bits per heavy atom. The van der Waals surface area contributed by atoms with Crippen LogP contribution in [0, 0.1) is 6.92 Å². The van der Waals surface area contributed by atoms with Crippen LogP contribution in [0.3, 0.4) is 0 Å². The van der Waals surface area contributed by atoms with E-state index in [1.54, 1.807) is 28.8 Å². The van der Waals surface area contributed by atoms with Gasteiger partial charge in [0.1, 0.15) is 23.3 Å². The predicted octanol–water partition coefficient (Wildman–Crippen LogP) is 1.41. The summed E-state index contributed by atoms with van der Waals surface area (Å²) < 4.78 is 12.9. The molecule has 0 spiro atoms. The number of imide groups is 2. The second kappa shape index (κ2) is 19.9. The highest BCUT2D eigenvalue weighted by Gasteiger charge is 2.46. The number of ketones is 1. The van der Waals surface area contributed by atoms with Crippen molar-refractivity contribution in [1.82, 2.24) is 45.3 Å². The molecule has 8 rings (SSSR count). The Bertz CT molecular complexity index is 2640. The third-order valence-electron chi connectivity index (χ3n) is 12.3. The Morgan fingerprint density at radius 3 is 2.39 bits per heavy atom. The van der Waals surface area contributed by atoms with Gasteiger partial charge in [-0.05, 0) is 62.9 Å². The normalized spacial score (nSPS) is 17.6. The summed E-state index contributed by atoms with van der Waals surface area (Å²) in [7, 11) is 0. The van der Waals surface area contributed by atoms with E-state index in [2.05, 4.69) is 36.1 Å². The van der Waals surface area contributed by atoms with E-state index in [4.69, 9.17) is 14.5 Å². The predicted molar refractivity (Wildman–Crippen MR) is 238 cm³/mol. The lowest BCUT2D eigenvalue weighted by Gasteiger charge is -2.36. The third kappa shape index (κ3) is 9.62. The van der Waals surface area contributed by atoms with Gasteiger partial charge in [-0.2, -0.15) is 4.98 Å². The number of anilines is 3. The first-order valence-electron chi connectivity index (χ1n) is 22.1. The number of nitrogens with zero attached hydrogens (tertiary/aromatic N) is 7. The largest absolute Gasteiger partial charge is 0.483 e. The zero-order chi connectivity index (χ0) is 46.5. The number of rotatable bonds is 17. The van der Waals surface area contributed by atoms with E-state index in [0.717, 1.165) is 36.3 Å². The monoisotopic (exact) mass is 905 g/mol. The maximum atomic E-state index is 13.6. The van der Waals surface area contributed by atoms with Crippen LogP contribution < -0.4 is 36.5 Å². The number of Topliss-reactive ketones (excluding diaryl/α,β-unsaturated/α-hetero) is 1. The van der Waals surface area contributed by atoms with Crippen LogP contribution in [0.5, 0.6) is 5.75 Å². The van der Waals surface area contributed by atoms with Crippen molar-refractivity contribution in [2.75, 3.05) is 75.9 Å². The van der Waals surface area contributed by atoms with Gasteiger partial charge < -0.3 is 35.2 Å². The SMILES string of the molecule is CC(=O)c1c(C)c2cnc(Nc3ccc(N4CCN(C(=O)CNCCOCCNC(=O)COc5cccc6c5C(=O)N(C5CCC(=O)NC5=O)C6=O)CC4)cn3)nc2n(C2CCCC2)c1=O. The quantitative estimate of drug-likeness (QED) is 0.0664. The molecule has 3 fully saturated rings. The minimum absolute atomic E-state index is 0.00260. The number of carbonyl (C=O) groups is 7. The number of hydrogen-bond acceptors (Lipinski definition) is 16. The van der Waals surface area contributed by atoms with Gasteiger partial charge in [-0.3, -0.25) is 53.1 Å². The van der Waals surface area contributed by atoms with Gasteiger partial charge in [0.25, 0.3) is 23.3 Å². The van der Waals surface area contributed by atoms with E-state index in [1.807, 2.05) is 12.1 Å². The summed E-state index contributed by atoms with van der Waals surface area (Å²) in [6.45, 7) is 6.33. The zero-order valence-electron chi connectivity index (χ0n) is 36.7. The Kier molecular flexibility index (Phi) is 13.7. The Hall–Kier alpha value is -7.13. The van der Waals surface area contributed by atoms with E-state index in [-0.39, 0.29) is 78.3 Å². The van der Waals surface area contributed by atoms with Gasteiger partial charge in [0.2, 0.25) is 23.7 Å². The molecule has 1 aliphatic carbocycles. The third-order valence-corrected chi connectivity index (χ3v) is 12.3. The minimum atomic E-state index is -1.12. The number of amides is 6. The second-order valence-electron chi connectivity index (χ2n) is 16.5. The lowest BCUT2D eigenvalue weighted by molar-refractivity contribution is -0.136. The van der Waals surface area contributed by atoms with Gasteiger partial charge in [0.15, 0.2) is 12.4 Å². The average Bonchev–Trinajstić information content (AvgIpc) is 3.93. The Morgan fingerprint density at radius 2 is 1.67 bits per heavy atom. The van der Waals surface area contributed by atoms with E-state index in [9.17, 15) is 38.4 Å². The van der Waals surface area contributed by atoms with Crippen molar-refractivity contribution < 1.29 is 43.0 Å². The van der Waals surface area contributed by atoms with Crippen molar-refractivity contribution in [2.45, 2.75) is 64.5 Å². The molecule has 3 aliphatic heterocycles. The molecule has 1 saturated carbocycles. The molecule has 346 valence electrons. The maximum Gasteiger partial charge on any atom is 0.266 e. The van der Waals surface area contributed by atoms with Gasteiger partial charge in [0, 0.05) is 63.3 Å². The number of nitrogens with one attached hydrogen (secondary N) is 4. The summed E-state index contributed by atoms with van der Waals surface area (Å²) in [6.07, 6.45) is 7.16. The van der Waals surface area contributed by atoms with Gasteiger partial charge in [-0.25, -0.2) is 9.97 Å². The fourth-order valence-electron chi connectivity index (χ4n) is 8.90. The summed E-state index contributed by atoms with van der Waals surface area (Å²) in [5.74, 6) is -2.53. The molecule has 2 saturated heterocycles. The minimum Gasteiger partial charge on any atom is -0.483 e. The number of aromatic nitrogens is 4. The number of hydrogen-bond donors (Lipinski definition) is 4. The van der Waals surface area contributed by atoms with E-state index < -0.39 is 42.2 Å². The van der Waals surface area contributed by atoms with Gasteiger partial charge in [0.05, 0.1) is 48.3 Å². The molecule has 1 unspecified atom stereocenters. The fraction of sp³-hybridized carbons (Fsp3) is 0.444. The van der Waals surface area contributed by atoms with Crippen LogP contribution in [0.25, 0.3) is 11.0 Å². The smallest absolute Gasteiger partial charge is 0.266 e. The van der Waals surface area contributed by atoms with Crippen LogP contribution in [0.15, 0.2) is 47.5 Å². The molecule has 4 N–H and O–H groups in total. The number of piperidine rings is 1. The number of carbonyl (C=O) groups excluding carboxylic acids is 7. The number of benzene rings is 1. The highest BCUT2D eigenvalue weighted by Crippen LogP contribution is 2.34. The molecule has 4 aromatic rings. The molecular formula is C45H51N11O10. The number of ether oxygens (including phenoxy) is 2. The number of pyridine rings is 2. The van der Waals surface area contributed by atoms with Crippen molar-refractivity contribution in [3.63, 3.8) is 0 Å². The van der Waals surface area contributed by atoms with Crippen LogP contribution in [0.4, 0.5) is 17.5 Å². The molecule has 21 nitrogen and oxygen atoms in total. The zero-order valence-corrected chi connectivity index (χ0v) is 36.7.